The monoisotopic (exact) mass is 542 g/mol. The molecule has 37 heavy (non-hydrogen) atoms. The summed E-state index contributed by atoms with van der Waals surface area (Å²) in [7, 11) is 0. The first-order chi connectivity index (χ1) is 17.8. The quantitative estimate of drug-likeness (QED) is 0.109. The van der Waals surface area contributed by atoms with Crippen molar-refractivity contribution < 1.29 is 62.1 Å². The smallest absolute Gasteiger partial charge is 0.332 e. The van der Waals surface area contributed by atoms with Crippen LogP contribution in [0.2, 0.25) is 0 Å². The lowest BCUT2D eigenvalue weighted by molar-refractivity contribution is -0.160. The van der Waals surface area contributed by atoms with Gasteiger partial charge in [0.15, 0.2) is 0 Å². The Hall–Kier alpha value is -1.42. The van der Waals surface area contributed by atoms with E-state index in [1.165, 1.54) is 0 Å². The molecule has 0 saturated carbocycles. The van der Waals surface area contributed by atoms with Gasteiger partial charge in [-0.05, 0) is 20.8 Å². The highest BCUT2D eigenvalue weighted by atomic mass is 16.6. The zero-order valence-corrected chi connectivity index (χ0v) is 22.6. The number of aliphatic carboxylic acids is 1. The van der Waals surface area contributed by atoms with Crippen LogP contribution >= 0.6 is 0 Å². The fraction of sp³-hybridized carbons (Fsp3) is 0.917. The van der Waals surface area contributed by atoms with Crippen molar-refractivity contribution in [3.8, 4) is 0 Å². The topological polar surface area (TPSA) is 147 Å². The van der Waals surface area contributed by atoms with Gasteiger partial charge in [-0.15, -0.1) is 0 Å². The van der Waals surface area contributed by atoms with Gasteiger partial charge in [0.25, 0.3) is 0 Å². The molecule has 0 unspecified atom stereocenters. The highest BCUT2D eigenvalue weighted by Crippen LogP contribution is 2.06. The summed E-state index contributed by atoms with van der Waals surface area (Å²) in [4.78, 5) is 21.7. The van der Waals surface area contributed by atoms with Crippen LogP contribution in [0.3, 0.4) is 0 Å². The van der Waals surface area contributed by atoms with E-state index in [1.54, 1.807) is 20.8 Å². The molecule has 0 amide bonds. The second-order valence-corrected chi connectivity index (χ2v) is 8.37. The fourth-order valence-corrected chi connectivity index (χ4v) is 2.34. The Morgan fingerprint density at radius 3 is 0.946 bits per heavy atom. The van der Waals surface area contributed by atoms with Gasteiger partial charge in [0, 0.05) is 0 Å². The Bertz CT molecular complexity index is 525. The zero-order chi connectivity index (χ0) is 27.5. The number of carboxylic acids is 1. The van der Waals surface area contributed by atoms with E-state index < -0.39 is 17.5 Å². The second kappa shape index (κ2) is 26.2. The summed E-state index contributed by atoms with van der Waals surface area (Å²) in [6.07, 6.45) is 0. The molecule has 1 N–H and O–H groups in total. The predicted molar refractivity (Wildman–Crippen MR) is 131 cm³/mol. The zero-order valence-electron chi connectivity index (χ0n) is 22.6. The van der Waals surface area contributed by atoms with Gasteiger partial charge in [0.1, 0.15) is 18.8 Å². The highest BCUT2D eigenvalue weighted by molar-refractivity contribution is 5.71. The summed E-state index contributed by atoms with van der Waals surface area (Å²) >= 11 is 0. The molecule has 0 aromatic heterocycles. The molecular formula is C24H46O13. The fourth-order valence-electron chi connectivity index (χ4n) is 2.34. The average Bonchev–Trinajstić information content (AvgIpc) is 2.82. The second-order valence-electron chi connectivity index (χ2n) is 8.37. The van der Waals surface area contributed by atoms with Gasteiger partial charge in [-0.1, -0.05) is 0 Å². The third-order valence-electron chi connectivity index (χ3n) is 3.84. The predicted octanol–water partition coefficient (Wildman–Crippen LogP) is 0.562. The van der Waals surface area contributed by atoms with E-state index in [9.17, 15) is 9.59 Å². The molecule has 0 spiro atoms. The molecule has 0 radical (unpaired) electrons. The van der Waals surface area contributed by atoms with Crippen LogP contribution < -0.4 is 0 Å². The van der Waals surface area contributed by atoms with Gasteiger partial charge in [0.05, 0.1) is 106 Å². The van der Waals surface area contributed by atoms with Crippen molar-refractivity contribution >= 4 is 11.9 Å². The maximum Gasteiger partial charge on any atom is 0.332 e. The van der Waals surface area contributed by atoms with Crippen molar-refractivity contribution in [2.45, 2.75) is 26.4 Å². The van der Waals surface area contributed by atoms with Crippen molar-refractivity contribution in [2.75, 3.05) is 119 Å². The third-order valence-corrected chi connectivity index (χ3v) is 3.84. The number of ether oxygens (including phenoxy) is 10. The minimum Gasteiger partial charge on any atom is -0.480 e. The lowest BCUT2D eigenvalue weighted by Crippen LogP contribution is -2.27. The number of carboxylic acid groups (broad SMARTS) is 1. The Morgan fingerprint density at radius 1 is 0.459 bits per heavy atom. The molecule has 0 fully saturated rings. The number of carbonyl (C=O) groups excluding carboxylic acids is 1. The van der Waals surface area contributed by atoms with E-state index in [1.807, 2.05) is 0 Å². The molecule has 0 saturated heterocycles. The van der Waals surface area contributed by atoms with Gasteiger partial charge in [0.2, 0.25) is 0 Å². The van der Waals surface area contributed by atoms with Gasteiger partial charge in [-0.25, -0.2) is 9.59 Å². The van der Waals surface area contributed by atoms with Crippen molar-refractivity contribution in [3.05, 3.63) is 0 Å². The number of rotatable bonds is 28. The molecule has 220 valence electrons. The van der Waals surface area contributed by atoms with Crippen LogP contribution in [0.25, 0.3) is 0 Å². The maximum atomic E-state index is 11.5. The van der Waals surface area contributed by atoms with E-state index in [0.29, 0.717) is 99.1 Å². The molecule has 0 rings (SSSR count). The first-order valence-electron chi connectivity index (χ1n) is 12.4. The lowest BCUT2D eigenvalue weighted by atomic mass is 10.2. The molecular weight excluding hydrogens is 496 g/mol. The Kier molecular flexibility index (Phi) is 25.2. The molecule has 0 aliphatic heterocycles. The average molecular weight is 543 g/mol. The summed E-state index contributed by atoms with van der Waals surface area (Å²) in [5, 5.41) is 8.40. The molecule has 13 nitrogen and oxygen atoms in total. The summed E-state index contributed by atoms with van der Waals surface area (Å²) in [5.41, 5.74) is -0.513. The van der Waals surface area contributed by atoms with Gasteiger partial charge in [-0.2, -0.15) is 0 Å². The molecule has 0 atom stereocenters. The lowest BCUT2D eigenvalue weighted by Gasteiger charge is -2.19. The van der Waals surface area contributed by atoms with Crippen LogP contribution in [0.1, 0.15) is 20.8 Å². The number of carbonyl (C=O) groups is 2. The largest absolute Gasteiger partial charge is 0.480 e. The normalized spacial score (nSPS) is 11.6. The third kappa shape index (κ3) is 32.6. The van der Waals surface area contributed by atoms with Crippen molar-refractivity contribution in [1.82, 2.24) is 0 Å². The summed E-state index contributed by atoms with van der Waals surface area (Å²) in [6, 6.07) is 0. The van der Waals surface area contributed by atoms with Crippen LogP contribution in [-0.2, 0) is 57.0 Å². The molecule has 0 aliphatic rings. The van der Waals surface area contributed by atoms with Crippen LogP contribution in [-0.4, -0.2) is 142 Å². The highest BCUT2D eigenvalue weighted by Gasteiger charge is 2.15. The van der Waals surface area contributed by atoms with Crippen molar-refractivity contribution in [2.24, 2.45) is 0 Å². The Labute approximate surface area is 219 Å². The van der Waals surface area contributed by atoms with Crippen molar-refractivity contribution in [3.63, 3.8) is 0 Å². The summed E-state index contributed by atoms with van der Waals surface area (Å²) in [6.45, 7) is 11.7. The minimum absolute atomic E-state index is 0.0881. The van der Waals surface area contributed by atoms with Gasteiger partial charge in [-0.3, -0.25) is 0 Å². The minimum atomic E-state index is -0.999. The molecule has 0 bridgehead atoms. The van der Waals surface area contributed by atoms with Gasteiger partial charge < -0.3 is 52.5 Å². The Balaban J connectivity index is 3.11. The van der Waals surface area contributed by atoms with Crippen LogP contribution in [0.15, 0.2) is 0 Å². The van der Waals surface area contributed by atoms with E-state index in [2.05, 4.69) is 0 Å². The van der Waals surface area contributed by atoms with E-state index in [0.717, 1.165) is 0 Å². The van der Waals surface area contributed by atoms with E-state index in [4.69, 9.17) is 52.5 Å². The number of esters is 1. The standard InChI is InChI=1S/C24H46O13/c1-24(2,3)37-23(27)21-36-19-17-34-15-13-32-11-9-30-7-5-28-4-6-29-8-10-31-12-14-33-16-18-35-20-22(25)26/h4-21H2,1-3H3,(H,25,26). The van der Waals surface area contributed by atoms with Crippen molar-refractivity contribution in [1.29, 1.82) is 0 Å². The first-order valence-corrected chi connectivity index (χ1v) is 12.4. The molecule has 13 heteroatoms. The SMILES string of the molecule is CC(C)(C)OC(=O)COCCOCCOCCOCCOCCOCCOCCOCCOCC(=O)O. The molecule has 0 heterocycles. The molecule has 0 aromatic carbocycles. The summed E-state index contributed by atoms with van der Waals surface area (Å²) < 4.78 is 52.7. The Morgan fingerprint density at radius 2 is 0.703 bits per heavy atom. The van der Waals surface area contributed by atoms with Crippen LogP contribution in [0.4, 0.5) is 0 Å². The summed E-state index contributed by atoms with van der Waals surface area (Å²) in [5.74, 6) is -1.39. The van der Waals surface area contributed by atoms with Crippen LogP contribution in [0, 0.1) is 0 Å². The van der Waals surface area contributed by atoms with E-state index in [-0.39, 0.29) is 19.8 Å². The first kappa shape index (κ1) is 35.6. The number of hydrogen-bond acceptors (Lipinski definition) is 12. The van der Waals surface area contributed by atoms with E-state index >= 15 is 0 Å². The maximum absolute atomic E-state index is 11.5. The number of hydrogen-bond donors (Lipinski definition) is 1. The molecule has 0 aliphatic carbocycles. The van der Waals surface area contributed by atoms with Gasteiger partial charge >= 0.3 is 11.9 Å². The van der Waals surface area contributed by atoms with Crippen LogP contribution in [0.5, 0.6) is 0 Å². The molecule has 0 aromatic rings.